The molecule has 4 aromatic carbocycles. The molecular weight excluding hydrogens is 636 g/mol. The lowest BCUT2D eigenvalue weighted by Crippen LogP contribution is -2.65. The number of piperidine rings is 1. The summed E-state index contributed by atoms with van der Waals surface area (Å²) in [4.78, 5) is 32.2. The molecule has 9 heteroatoms. The van der Waals surface area contributed by atoms with Crippen LogP contribution in [0.1, 0.15) is 34.2 Å². The Hall–Kier alpha value is -3.16. The van der Waals surface area contributed by atoms with Crippen molar-refractivity contribution in [1.29, 1.82) is 0 Å². The van der Waals surface area contributed by atoms with Gasteiger partial charge in [0.05, 0.1) is 5.41 Å². The third kappa shape index (κ3) is 4.37. The number of halogens is 4. The highest BCUT2D eigenvalue weighted by atomic mass is 35.5. The molecule has 4 aromatic rings. The fraction of sp³-hybridized carbons (Fsp3) is 0.200. The largest absolute Gasteiger partial charge is 0.324 e. The molecular formula is C35H27Cl4N3O2. The lowest BCUT2D eigenvalue weighted by atomic mass is 9.55. The Bertz CT molecular complexity index is 1860. The second-order valence-corrected chi connectivity index (χ2v) is 13.4. The van der Waals surface area contributed by atoms with Gasteiger partial charge in [-0.1, -0.05) is 107 Å². The minimum absolute atomic E-state index is 0.143. The van der Waals surface area contributed by atoms with Gasteiger partial charge in [0.2, 0.25) is 0 Å². The topological polar surface area (TPSA) is 61.4 Å². The van der Waals surface area contributed by atoms with Crippen molar-refractivity contribution in [2.24, 2.45) is 5.41 Å². The van der Waals surface area contributed by atoms with Crippen molar-refractivity contribution < 1.29 is 9.59 Å². The Morgan fingerprint density at radius 1 is 0.841 bits per heavy atom. The van der Waals surface area contributed by atoms with Crippen molar-refractivity contribution in [1.82, 2.24) is 10.2 Å². The maximum absolute atomic E-state index is 15.5. The summed E-state index contributed by atoms with van der Waals surface area (Å²) >= 11 is 26.2. The van der Waals surface area contributed by atoms with Crippen LogP contribution in [0.15, 0.2) is 96.6 Å². The van der Waals surface area contributed by atoms with Gasteiger partial charge in [0.15, 0.2) is 5.78 Å². The highest BCUT2D eigenvalue weighted by Crippen LogP contribution is 2.66. The molecule has 2 saturated heterocycles. The van der Waals surface area contributed by atoms with Crippen molar-refractivity contribution in [3.8, 4) is 0 Å². The van der Waals surface area contributed by atoms with Gasteiger partial charge in [-0.2, -0.15) is 0 Å². The second-order valence-electron chi connectivity index (χ2n) is 11.7. The Labute approximate surface area is 275 Å². The molecule has 3 heterocycles. The first-order valence-electron chi connectivity index (χ1n) is 14.2. The Morgan fingerprint density at radius 2 is 1.52 bits per heavy atom. The summed E-state index contributed by atoms with van der Waals surface area (Å²) in [6, 6.07) is 27.6. The number of amides is 1. The van der Waals surface area contributed by atoms with E-state index in [9.17, 15) is 4.79 Å². The van der Waals surface area contributed by atoms with Gasteiger partial charge in [0.25, 0.3) is 5.91 Å². The standard InChI is InChI=1S/C35H27Cl4N3O2/c1-42-18-22(15-21-11-12-23(36)16-27(21)38)32(43)34(19-42)30(25-14-13-24(37)17-28(25)39)31(20-7-3-2-4-8-20)41-35(34)26-9-5-6-10-29(26)40-33(35)44/h2-17,30-31,41H,18-19H2,1H3,(H,40,44)/b22-15+/t30-,31-,34-,35-/m0/s1. The number of Topliss-reactive ketones (excluding diaryl/α,β-unsaturated/α-hetero) is 1. The molecule has 0 aliphatic carbocycles. The van der Waals surface area contributed by atoms with E-state index in [1.807, 2.05) is 73.8 Å². The predicted molar refractivity (Wildman–Crippen MR) is 178 cm³/mol. The van der Waals surface area contributed by atoms with Crippen molar-refractivity contribution in [2.45, 2.75) is 17.5 Å². The number of rotatable bonds is 3. The SMILES string of the molecule is CN1C/C(=C\c2ccc(Cl)cc2Cl)C(=O)[C@]2(C1)[C@@H](c1ccc(Cl)cc1Cl)[C@H](c1ccccc1)N[C@@]21C(=O)Nc2ccccc21. The molecule has 5 nitrogen and oxygen atoms in total. The maximum atomic E-state index is 15.5. The van der Waals surface area contributed by atoms with E-state index in [0.29, 0.717) is 50.0 Å². The van der Waals surface area contributed by atoms with Crippen molar-refractivity contribution in [3.05, 3.63) is 139 Å². The summed E-state index contributed by atoms with van der Waals surface area (Å²) in [6.07, 6.45) is 1.82. The van der Waals surface area contributed by atoms with E-state index in [1.165, 1.54) is 0 Å². The molecule has 0 radical (unpaired) electrons. The van der Waals surface area contributed by atoms with Gasteiger partial charge < -0.3 is 10.2 Å². The molecule has 0 bridgehead atoms. The van der Waals surface area contributed by atoms with E-state index in [2.05, 4.69) is 15.5 Å². The van der Waals surface area contributed by atoms with Crippen LogP contribution in [0.3, 0.4) is 0 Å². The Morgan fingerprint density at radius 3 is 2.25 bits per heavy atom. The maximum Gasteiger partial charge on any atom is 0.250 e. The zero-order valence-electron chi connectivity index (χ0n) is 23.6. The van der Waals surface area contributed by atoms with Crippen LogP contribution in [0.5, 0.6) is 0 Å². The van der Waals surface area contributed by atoms with Crippen LogP contribution in [-0.4, -0.2) is 36.7 Å². The fourth-order valence-corrected chi connectivity index (χ4v) is 8.58. The van der Waals surface area contributed by atoms with Gasteiger partial charge in [-0.05, 0) is 60.1 Å². The van der Waals surface area contributed by atoms with E-state index >= 15 is 4.79 Å². The molecule has 0 saturated carbocycles. The summed E-state index contributed by atoms with van der Waals surface area (Å²) in [5, 5.41) is 8.73. The minimum atomic E-state index is -1.42. The minimum Gasteiger partial charge on any atom is -0.324 e. The molecule has 7 rings (SSSR count). The van der Waals surface area contributed by atoms with Crippen LogP contribution in [0.2, 0.25) is 20.1 Å². The average molecular weight is 663 g/mol. The number of likely N-dealkylation sites (tertiary alicyclic amines) is 1. The first-order valence-corrected chi connectivity index (χ1v) is 15.7. The molecule has 3 aliphatic rings. The molecule has 2 spiro atoms. The number of fused-ring (bicyclic) bond motifs is 3. The normalized spacial score (nSPS) is 27.3. The summed E-state index contributed by atoms with van der Waals surface area (Å²) in [7, 11) is 1.97. The van der Waals surface area contributed by atoms with Crippen LogP contribution in [-0.2, 0) is 15.1 Å². The number of hydrogen-bond donors (Lipinski definition) is 2. The number of para-hydroxylation sites is 1. The number of anilines is 1. The number of carbonyl (C=O) groups is 2. The van der Waals surface area contributed by atoms with E-state index in [4.69, 9.17) is 46.4 Å². The van der Waals surface area contributed by atoms with E-state index in [-0.39, 0.29) is 11.7 Å². The number of nitrogens with one attached hydrogen (secondary N) is 2. The van der Waals surface area contributed by atoms with Gasteiger partial charge in [0.1, 0.15) is 5.54 Å². The van der Waals surface area contributed by atoms with Gasteiger partial charge >= 0.3 is 0 Å². The number of ketones is 1. The van der Waals surface area contributed by atoms with E-state index in [0.717, 1.165) is 16.7 Å². The first kappa shape index (κ1) is 29.5. The van der Waals surface area contributed by atoms with Crippen LogP contribution in [0.25, 0.3) is 6.08 Å². The van der Waals surface area contributed by atoms with Crippen LogP contribution in [0.4, 0.5) is 5.69 Å². The second kappa shape index (κ2) is 11.0. The number of likely N-dealkylation sites (N-methyl/N-ethyl adjacent to an activating group) is 1. The van der Waals surface area contributed by atoms with Gasteiger partial charge in [0, 0.05) is 62.0 Å². The number of hydrogen-bond acceptors (Lipinski definition) is 4. The van der Waals surface area contributed by atoms with Crippen molar-refractivity contribution in [3.63, 3.8) is 0 Å². The molecule has 1 amide bonds. The summed E-state index contributed by atoms with van der Waals surface area (Å²) in [6.45, 7) is 0.662. The molecule has 4 atom stereocenters. The fourth-order valence-electron chi connectivity index (χ4n) is 7.59. The Kier molecular flexibility index (Phi) is 7.40. The predicted octanol–water partition coefficient (Wildman–Crippen LogP) is 8.16. The van der Waals surface area contributed by atoms with Crippen LogP contribution in [0, 0.1) is 5.41 Å². The van der Waals surface area contributed by atoms with Gasteiger partial charge in [-0.3, -0.25) is 14.9 Å². The highest BCUT2D eigenvalue weighted by molar-refractivity contribution is 6.36. The highest BCUT2D eigenvalue weighted by Gasteiger charge is 2.75. The number of carbonyl (C=O) groups excluding carboxylic acids is 2. The molecule has 2 N–H and O–H groups in total. The third-order valence-corrected chi connectivity index (χ3v) is 10.4. The number of benzene rings is 4. The van der Waals surface area contributed by atoms with Gasteiger partial charge in [-0.15, -0.1) is 0 Å². The summed E-state index contributed by atoms with van der Waals surface area (Å²) in [5.74, 6) is -0.985. The Balaban J connectivity index is 1.56. The molecule has 0 aromatic heterocycles. The van der Waals surface area contributed by atoms with Gasteiger partial charge in [-0.25, -0.2) is 0 Å². The average Bonchev–Trinajstić information content (AvgIpc) is 3.45. The van der Waals surface area contributed by atoms with E-state index < -0.39 is 22.9 Å². The third-order valence-electron chi connectivity index (χ3n) is 9.23. The first-order chi connectivity index (χ1) is 21.2. The molecule has 222 valence electrons. The lowest BCUT2D eigenvalue weighted by molar-refractivity contribution is -0.141. The summed E-state index contributed by atoms with van der Waals surface area (Å²) in [5.41, 5.74) is 1.51. The number of nitrogens with zero attached hydrogens (tertiary/aromatic N) is 1. The smallest absolute Gasteiger partial charge is 0.250 e. The zero-order valence-corrected chi connectivity index (χ0v) is 26.6. The van der Waals surface area contributed by atoms with Crippen molar-refractivity contribution >= 4 is 69.9 Å². The molecule has 2 fully saturated rings. The van der Waals surface area contributed by atoms with Crippen LogP contribution >= 0.6 is 46.4 Å². The summed E-state index contributed by atoms with van der Waals surface area (Å²) < 4.78 is 0. The lowest BCUT2D eigenvalue weighted by Gasteiger charge is -2.49. The molecule has 44 heavy (non-hydrogen) atoms. The van der Waals surface area contributed by atoms with Crippen LogP contribution < -0.4 is 10.6 Å². The monoisotopic (exact) mass is 661 g/mol. The quantitative estimate of drug-likeness (QED) is 0.217. The molecule has 3 aliphatic heterocycles. The van der Waals surface area contributed by atoms with Crippen molar-refractivity contribution in [2.75, 3.05) is 25.5 Å². The van der Waals surface area contributed by atoms with E-state index in [1.54, 1.807) is 30.3 Å². The zero-order chi connectivity index (χ0) is 30.8. The molecule has 0 unspecified atom stereocenters.